The van der Waals surface area contributed by atoms with Crippen LogP contribution in [0.1, 0.15) is 47.6 Å². The molecular formula is C20H23N3O2. The number of nitrogens with one attached hydrogen (secondary N) is 1. The number of methoxy groups -OCH3 is 1. The third-order valence-corrected chi connectivity index (χ3v) is 4.95. The molecule has 0 bridgehead atoms. The van der Waals surface area contributed by atoms with Crippen LogP contribution in [0, 0.1) is 0 Å². The molecule has 5 heteroatoms. The highest BCUT2D eigenvalue weighted by Crippen LogP contribution is 2.34. The van der Waals surface area contributed by atoms with Gasteiger partial charge >= 0.3 is 0 Å². The number of rotatable bonds is 5. The lowest BCUT2D eigenvalue weighted by atomic mass is 10.0. The number of hydrogen-bond donors (Lipinski definition) is 1. The average molecular weight is 337 g/mol. The summed E-state index contributed by atoms with van der Waals surface area (Å²) in [4.78, 5) is 19.4. The maximum absolute atomic E-state index is 13.1. The van der Waals surface area contributed by atoms with E-state index in [-0.39, 0.29) is 11.9 Å². The number of ether oxygens (including phenoxy) is 1. The first-order valence-corrected chi connectivity index (χ1v) is 8.92. The Labute approximate surface area is 148 Å². The molecule has 1 unspecified atom stereocenters. The predicted octanol–water partition coefficient (Wildman–Crippen LogP) is 3.64. The zero-order valence-electron chi connectivity index (χ0n) is 14.4. The van der Waals surface area contributed by atoms with E-state index >= 15 is 0 Å². The quantitative estimate of drug-likeness (QED) is 0.905. The number of nitrogens with zero attached hydrogens (tertiary/aromatic N) is 2. The highest BCUT2D eigenvalue weighted by atomic mass is 16.5. The predicted molar refractivity (Wildman–Crippen MR) is 96.9 cm³/mol. The van der Waals surface area contributed by atoms with Gasteiger partial charge in [0.1, 0.15) is 11.6 Å². The number of likely N-dealkylation sites (tertiary alicyclic amines) is 1. The number of benzene rings is 1. The molecule has 1 aliphatic heterocycles. The molecule has 1 aromatic carbocycles. The molecule has 5 nitrogen and oxygen atoms in total. The van der Waals surface area contributed by atoms with E-state index in [0.29, 0.717) is 11.6 Å². The topological polar surface area (TPSA) is 54.5 Å². The van der Waals surface area contributed by atoms with Gasteiger partial charge in [0.05, 0.1) is 13.2 Å². The van der Waals surface area contributed by atoms with Crippen molar-refractivity contribution < 1.29 is 9.53 Å². The summed E-state index contributed by atoms with van der Waals surface area (Å²) in [5.74, 6) is 1.72. The van der Waals surface area contributed by atoms with Gasteiger partial charge in [-0.15, -0.1) is 0 Å². The Kier molecular flexibility index (Phi) is 4.30. The summed E-state index contributed by atoms with van der Waals surface area (Å²) >= 11 is 0. The molecule has 130 valence electrons. The Balaban J connectivity index is 1.53. The Morgan fingerprint density at radius 1 is 1.20 bits per heavy atom. The van der Waals surface area contributed by atoms with Gasteiger partial charge < -0.3 is 15.0 Å². The first-order chi connectivity index (χ1) is 12.2. The fourth-order valence-electron chi connectivity index (χ4n) is 3.43. The third-order valence-electron chi connectivity index (χ3n) is 4.95. The monoisotopic (exact) mass is 337 g/mol. The van der Waals surface area contributed by atoms with Crippen LogP contribution in [0.3, 0.4) is 0 Å². The van der Waals surface area contributed by atoms with Crippen molar-refractivity contribution in [1.29, 1.82) is 0 Å². The highest BCUT2D eigenvalue weighted by molar-refractivity contribution is 5.95. The van der Waals surface area contributed by atoms with Crippen LogP contribution < -0.4 is 10.1 Å². The number of pyridine rings is 1. The van der Waals surface area contributed by atoms with E-state index in [9.17, 15) is 4.79 Å². The van der Waals surface area contributed by atoms with Crippen molar-refractivity contribution in [2.45, 2.75) is 37.8 Å². The first kappa shape index (κ1) is 15.9. The van der Waals surface area contributed by atoms with Crippen LogP contribution in [0.15, 0.2) is 42.6 Å². The van der Waals surface area contributed by atoms with Crippen LogP contribution in [-0.4, -0.2) is 35.5 Å². The average Bonchev–Trinajstić information content (AvgIpc) is 3.33. The lowest BCUT2D eigenvalue weighted by molar-refractivity contribution is 0.0735. The molecule has 2 fully saturated rings. The summed E-state index contributed by atoms with van der Waals surface area (Å²) < 4.78 is 5.23. The van der Waals surface area contributed by atoms with E-state index in [2.05, 4.69) is 22.4 Å². The van der Waals surface area contributed by atoms with Crippen molar-refractivity contribution in [3.63, 3.8) is 0 Å². The fourth-order valence-corrected chi connectivity index (χ4v) is 3.43. The van der Waals surface area contributed by atoms with Gasteiger partial charge in [-0.3, -0.25) is 4.79 Å². The van der Waals surface area contributed by atoms with Crippen molar-refractivity contribution in [1.82, 2.24) is 9.88 Å². The van der Waals surface area contributed by atoms with Crippen molar-refractivity contribution in [3.8, 4) is 5.75 Å². The van der Waals surface area contributed by atoms with Crippen LogP contribution >= 0.6 is 0 Å². The minimum Gasteiger partial charge on any atom is -0.497 e. The smallest absolute Gasteiger partial charge is 0.254 e. The van der Waals surface area contributed by atoms with Crippen molar-refractivity contribution in [3.05, 3.63) is 53.7 Å². The second kappa shape index (κ2) is 6.75. The van der Waals surface area contributed by atoms with Crippen LogP contribution in [0.4, 0.5) is 5.82 Å². The summed E-state index contributed by atoms with van der Waals surface area (Å²) in [6.07, 6.45) is 6.12. The molecule has 2 aromatic rings. The molecule has 1 atom stereocenters. The van der Waals surface area contributed by atoms with E-state index in [1.165, 1.54) is 12.8 Å². The van der Waals surface area contributed by atoms with Crippen molar-refractivity contribution in [2.75, 3.05) is 19.0 Å². The van der Waals surface area contributed by atoms with Crippen LogP contribution in [0.2, 0.25) is 0 Å². The van der Waals surface area contributed by atoms with Gasteiger partial charge in [0.25, 0.3) is 5.91 Å². The molecule has 2 heterocycles. The third kappa shape index (κ3) is 3.45. The van der Waals surface area contributed by atoms with E-state index in [1.54, 1.807) is 13.3 Å². The highest BCUT2D eigenvalue weighted by Gasteiger charge is 2.31. The number of carbonyl (C=O) groups is 1. The van der Waals surface area contributed by atoms with E-state index in [4.69, 9.17) is 4.74 Å². The molecule has 0 spiro atoms. The number of amides is 1. The van der Waals surface area contributed by atoms with E-state index in [0.717, 1.165) is 36.5 Å². The molecule has 1 aromatic heterocycles. The number of anilines is 1. The Morgan fingerprint density at radius 3 is 2.72 bits per heavy atom. The molecule has 1 N–H and O–H groups in total. The Hall–Kier alpha value is -2.56. The molecule has 1 amide bonds. The lowest BCUT2D eigenvalue weighted by Crippen LogP contribution is -2.30. The summed E-state index contributed by atoms with van der Waals surface area (Å²) in [5.41, 5.74) is 1.87. The van der Waals surface area contributed by atoms with Gasteiger partial charge in [-0.05, 0) is 55.5 Å². The van der Waals surface area contributed by atoms with Gasteiger partial charge in [0.15, 0.2) is 0 Å². The SMILES string of the molecule is COc1ccc(C2CCCN2C(=O)c2ccnc(NC3CC3)c2)cc1. The molecule has 1 saturated heterocycles. The van der Waals surface area contributed by atoms with E-state index in [1.807, 2.05) is 29.2 Å². The standard InChI is InChI=1S/C20H23N3O2/c1-25-17-8-4-14(5-9-17)18-3-2-12-23(18)20(24)15-10-11-21-19(13-15)22-16-6-7-16/h4-5,8-11,13,16,18H,2-3,6-7,12H2,1H3,(H,21,22). The maximum Gasteiger partial charge on any atom is 0.254 e. The summed E-state index contributed by atoms with van der Waals surface area (Å²) in [7, 11) is 1.66. The minimum absolute atomic E-state index is 0.0829. The fraction of sp³-hybridized carbons (Fsp3) is 0.400. The van der Waals surface area contributed by atoms with Crippen molar-refractivity contribution in [2.24, 2.45) is 0 Å². The summed E-state index contributed by atoms with van der Waals surface area (Å²) in [6, 6.07) is 12.4. The molecule has 1 aliphatic carbocycles. The van der Waals surface area contributed by atoms with Crippen LogP contribution in [0.5, 0.6) is 5.75 Å². The zero-order chi connectivity index (χ0) is 17.2. The molecule has 1 saturated carbocycles. The largest absolute Gasteiger partial charge is 0.497 e. The van der Waals surface area contributed by atoms with Crippen LogP contribution in [0.25, 0.3) is 0 Å². The molecule has 25 heavy (non-hydrogen) atoms. The van der Waals surface area contributed by atoms with Gasteiger partial charge in [-0.25, -0.2) is 4.98 Å². The maximum atomic E-state index is 13.1. The lowest BCUT2D eigenvalue weighted by Gasteiger charge is -2.25. The van der Waals surface area contributed by atoms with Gasteiger partial charge in [0, 0.05) is 24.3 Å². The second-order valence-corrected chi connectivity index (χ2v) is 6.78. The van der Waals surface area contributed by atoms with Gasteiger partial charge in [0.2, 0.25) is 0 Å². The summed E-state index contributed by atoms with van der Waals surface area (Å²) in [6.45, 7) is 0.795. The Bertz CT molecular complexity index is 756. The molecule has 2 aliphatic rings. The van der Waals surface area contributed by atoms with E-state index < -0.39 is 0 Å². The number of aromatic nitrogens is 1. The molecular weight excluding hydrogens is 314 g/mol. The zero-order valence-corrected chi connectivity index (χ0v) is 14.4. The second-order valence-electron chi connectivity index (χ2n) is 6.78. The van der Waals surface area contributed by atoms with Crippen molar-refractivity contribution >= 4 is 11.7 Å². The Morgan fingerprint density at radius 2 is 2.00 bits per heavy atom. The minimum atomic E-state index is 0.0829. The van der Waals surface area contributed by atoms with Gasteiger partial charge in [-0.1, -0.05) is 12.1 Å². The van der Waals surface area contributed by atoms with Gasteiger partial charge in [-0.2, -0.15) is 0 Å². The van der Waals surface area contributed by atoms with Crippen LogP contribution in [-0.2, 0) is 0 Å². The number of carbonyl (C=O) groups excluding carboxylic acids is 1. The normalized spacial score (nSPS) is 19.7. The summed E-state index contributed by atoms with van der Waals surface area (Å²) in [5, 5.41) is 3.36. The number of hydrogen-bond acceptors (Lipinski definition) is 4. The first-order valence-electron chi connectivity index (χ1n) is 8.92. The molecule has 0 radical (unpaired) electrons. The molecule has 4 rings (SSSR count).